The first-order chi connectivity index (χ1) is 12.6. The van der Waals surface area contributed by atoms with Gasteiger partial charge in [0.05, 0.1) is 30.0 Å². The number of amides is 2. The molecule has 0 unspecified atom stereocenters. The lowest BCUT2D eigenvalue weighted by molar-refractivity contribution is 0.213. The first-order valence-corrected chi connectivity index (χ1v) is 9.71. The minimum Gasteiger partial charge on any atom is -0.493 e. The summed E-state index contributed by atoms with van der Waals surface area (Å²) >= 11 is 13.9. The Bertz CT molecular complexity index is 819. The van der Waals surface area contributed by atoms with Crippen molar-refractivity contribution >= 4 is 46.7 Å². The summed E-state index contributed by atoms with van der Waals surface area (Å²) in [4.78, 5) is 14.6. The smallest absolute Gasteiger partial charge is 0.323 e. The Morgan fingerprint density at radius 3 is 2.69 bits per heavy atom. The molecule has 1 atom stereocenters. The maximum Gasteiger partial charge on any atom is 0.323 e. The zero-order chi connectivity index (χ0) is 18.7. The first-order valence-electron chi connectivity index (χ1n) is 7.91. The van der Waals surface area contributed by atoms with Crippen LogP contribution in [0.5, 0.6) is 11.5 Å². The summed E-state index contributed by atoms with van der Waals surface area (Å²) in [5.41, 5.74) is 1.37. The van der Waals surface area contributed by atoms with Crippen molar-refractivity contribution in [2.45, 2.75) is 5.37 Å². The summed E-state index contributed by atoms with van der Waals surface area (Å²) in [5.74, 6) is 2.09. The summed E-state index contributed by atoms with van der Waals surface area (Å²) in [6.07, 6.45) is 0. The van der Waals surface area contributed by atoms with E-state index in [0.29, 0.717) is 33.8 Å². The van der Waals surface area contributed by atoms with E-state index < -0.39 is 0 Å². The largest absolute Gasteiger partial charge is 0.493 e. The Kier molecular flexibility index (Phi) is 6.06. The average Bonchev–Trinajstić information content (AvgIpc) is 3.14. The van der Waals surface area contributed by atoms with Crippen LogP contribution in [0.3, 0.4) is 0 Å². The van der Waals surface area contributed by atoms with Crippen molar-refractivity contribution in [2.24, 2.45) is 0 Å². The van der Waals surface area contributed by atoms with Gasteiger partial charge >= 0.3 is 6.03 Å². The highest BCUT2D eigenvalue weighted by Gasteiger charge is 2.33. The molecule has 2 amide bonds. The molecule has 1 heterocycles. The SMILES string of the molecule is COc1cccc([C@H]2SCCN2C(=O)Nc2cccc(Cl)c2Cl)c1OC. The number of nitrogens with one attached hydrogen (secondary N) is 1. The Balaban J connectivity index is 1.87. The number of para-hydroxylation sites is 1. The molecule has 0 saturated carbocycles. The molecular formula is C18H18Cl2N2O3S. The zero-order valence-electron chi connectivity index (χ0n) is 14.3. The van der Waals surface area contributed by atoms with Crippen LogP contribution in [-0.2, 0) is 0 Å². The molecule has 0 bridgehead atoms. The number of anilines is 1. The van der Waals surface area contributed by atoms with E-state index in [0.717, 1.165) is 11.3 Å². The fourth-order valence-electron chi connectivity index (χ4n) is 2.83. The Hall–Kier alpha value is -1.76. The number of carbonyl (C=O) groups is 1. The van der Waals surface area contributed by atoms with E-state index >= 15 is 0 Å². The van der Waals surface area contributed by atoms with Gasteiger partial charge in [-0.2, -0.15) is 0 Å². The number of hydrogen-bond donors (Lipinski definition) is 1. The van der Waals surface area contributed by atoms with E-state index in [1.165, 1.54) is 0 Å². The van der Waals surface area contributed by atoms with Crippen LogP contribution in [-0.4, -0.2) is 37.4 Å². The second kappa shape index (κ2) is 8.29. The monoisotopic (exact) mass is 412 g/mol. The van der Waals surface area contributed by atoms with Crippen molar-refractivity contribution in [3.63, 3.8) is 0 Å². The summed E-state index contributed by atoms with van der Waals surface area (Å²) in [6.45, 7) is 0.611. The third-order valence-electron chi connectivity index (χ3n) is 4.04. The van der Waals surface area contributed by atoms with Gasteiger partial charge in [0.15, 0.2) is 11.5 Å². The van der Waals surface area contributed by atoms with E-state index in [4.69, 9.17) is 32.7 Å². The van der Waals surface area contributed by atoms with Crippen LogP contribution in [0.2, 0.25) is 10.0 Å². The highest BCUT2D eigenvalue weighted by atomic mass is 35.5. The Morgan fingerprint density at radius 2 is 1.96 bits per heavy atom. The number of hydrogen-bond acceptors (Lipinski definition) is 4. The van der Waals surface area contributed by atoms with Gasteiger partial charge in [0, 0.05) is 17.9 Å². The fourth-order valence-corrected chi connectivity index (χ4v) is 4.45. The molecule has 1 aliphatic rings. The molecule has 1 aliphatic heterocycles. The van der Waals surface area contributed by atoms with Gasteiger partial charge in [-0.15, -0.1) is 11.8 Å². The van der Waals surface area contributed by atoms with Gasteiger partial charge in [-0.1, -0.05) is 41.4 Å². The molecule has 0 spiro atoms. The quantitative estimate of drug-likeness (QED) is 0.740. The highest BCUT2D eigenvalue weighted by Crippen LogP contribution is 2.45. The number of carbonyl (C=O) groups excluding carboxylic acids is 1. The van der Waals surface area contributed by atoms with Gasteiger partial charge in [-0.25, -0.2) is 4.79 Å². The predicted molar refractivity (Wildman–Crippen MR) is 107 cm³/mol. The summed E-state index contributed by atoms with van der Waals surface area (Å²) in [5, 5.41) is 3.38. The lowest BCUT2D eigenvalue weighted by Crippen LogP contribution is -2.34. The lowest BCUT2D eigenvalue weighted by atomic mass is 10.1. The van der Waals surface area contributed by atoms with Crippen LogP contribution in [0.4, 0.5) is 10.5 Å². The van der Waals surface area contributed by atoms with E-state index in [1.807, 2.05) is 18.2 Å². The van der Waals surface area contributed by atoms with E-state index in [-0.39, 0.29) is 11.4 Å². The van der Waals surface area contributed by atoms with Crippen molar-refractivity contribution in [3.8, 4) is 11.5 Å². The van der Waals surface area contributed by atoms with Crippen LogP contribution in [0, 0.1) is 0 Å². The second-order valence-electron chi connectivity index (χ2n) is 5.53. The maximum atomic E-state index is 12.8. The van der Waals surface area contributed by atoms with Crippen molar-refractivity contribution < 1.29 is 14.3 Å². The highest BCUT2D eigenvalue weighted by molar-refractivity contribution is 7.99. The topological polar surface area (TPSA) is 50.8 Å². The van der Waals surface area contributed by atoms with E-state index in [1.54, 1.807) is 49.1 Å². The number of rotatable bonds is 4. The molecule has 3 rings (SSSR count). The van der Waals surface area contributed by atoms with Crippen LogP contribution >= 0.6 is 35.0 Å². The van der Waals surface area contributed by atoms with Gasteiger partial charge < -0.3 is 19.7 Å². The third-order valence-corrected chi connectivity index (χ3v) is 6.11. The van der Waals surface area contributed by atoms with Crippen LogP contribution in [0.1, 0.15) is 10.9 Å². The van der Waals surface area contributed by atoms with Gasteiger partial charge in [0.25, 0.3) is 0 Å². The molecule has 1 fully saturated rings. The van der Waals surface area contributed by atoms with Crippen molar-refractivity contribution in [3.05, 3.63) is 52.0 Å². The van der Waals surface area contributed by atoms with Crippen LogP contribution < -0.4 is 14.8 Å². The van der Waals surface area contributed by atoms with Crippen molar-refractivity contribution in [1.29, 1.82) is 0 Å². The Morgan fingerprint density at radius 1 is 1.19 bits per heavy atom. The summed E-state index contributed by atoms with van der Waals surface area (Å²) in [7, 11) is 3.19. The molecule has 2 aromatic rings. The number of ether oxygens (including phenoxy) is 2. The van der Waals surface area contributed by atoms with Gasteiger partial charge in [-0.3, -0.25) is 0 Å². The standard InChI is InChI=1S/C18H18Cl2N2O3S/c1-24-14-8-3-5-11(16(14)25-2)17-22(9-10-26-17)18(23)21-13-7-4-6-12(19)15(13)20/h3-8,17H,9-10H2,1-2H3,(H,21,23)/t17-/m1/s1. The minimum atomic E-state index is -0.242. The van der Waals surface area contributed by atoms with Crippen molar-refractivity contribution in [1.82, 2.24) is 4.90 Å². The molecule has 1 saturated heterocycles. The Labute approximate surface area is 166 Å². The van der Waals surface area contributed by atoms with Gasteiger partial charge in [0.2, 0.25) is 0 Å². The zero-order valence-corrected chi connectivity index (χ0v) is 16.6. The molecular weight excluding hydrogens is 395 g/mol. The molecule has 2 aromatic carbocycles. The summed E-state index contributed by atoms with van der Waals surface area (Å²) < 4.78 is 10.9. The number of nitrogens with zero attached hydrogens (tertiary/aromatic N) is 1. The molecule has 0 aliphatic carbocycles. The minimum absolute atomic E-state index is 0.182. The number of thioether (sulfide) groups is 1. The summed E-state index contributed by atoms with van der Waals surface area (Å²) in [6, 6.07) is 10.6. The van der Waals surface area contributed by atoms with E-state index in [9.17, 15) is 4.79 Å². The fraction of sp³-hybridized carbons (Fsp3) is 0.278. The molecule has 138 valence electrons. The molecule has 1 N–H and O–H groups in total. The number of urea groups is 1. The van der Waals surface area contributed by atoms with Gasteiger partial charge in [-0.05, 0) is 18.2 Å². The predicted octanol–water partition coefficient (Wildman–Crippen LogP) is 5.29. The van der Waals surface area contributed by atoms with Crippen LogP contribution in [0.25, 0.3) is 0 Å². The number of halogens is 2. The first kappa shape index (κ1) is 19.0. The van der Waals surface area contributed by atoms with Crippen LogP contribution in [0.15, 0.2) is 36.4 Å². The van der Waals surface area contributed by atoms with Gasteiger partial charge in [0.1, 0.15) is 5.37 Å². The molecule has 0 aromatic heterocycles. The normalized spacial score (nSPS) is 16.5. The van der Waals surface area contributed by atoms with E-state index in [2.05, 4.69) is 5.32 Å². The molecule has 8 heteroatoms. The maximum absolute atomic E-state index is 12.8. The molecule has 5 nitrogen and oxygen atoms in total. The number of methoxy groups -OCH3 is 2. The second-order valence-corrected chi connectivity index (χ2v) is 7.50. The number of benzene rings is 2. The van der Waals surface area contributed by atoms with Crippen molar-refractivity contribution in [2.75, 3.05) is 31.8 Å². The lowest BCUT2D eigenvalue weighted by Gasteiger charge is -2.26. The molecule has 0 radical (unpaired) electrons. The third kappa shape index (κ3) is 3.68. The average molecular weight is 413 g/mol. The molecule has 26 heavy (non-hydrogen) atoms.